The highest BCUT2D eigenvalue weighted by Gasteiger charge is 2.28. The van der Waals surface area contributed by atoms with E-state index in [2.05, 4.69) is 10.4 Å². The summed E-state index contributed by atoms with van der Waals surface area (Å²) < 4.78 is 29.7. The fourth-order valence-corrected chi connectivity index (χ4v) is 4.05. The Balaban J connectivity index is 2.03. The number of rotatable bonds is 4. The molecule has 18 heavy (non-hydrogen) atoms. The Labute approximate surface area is 107 Å². The Bertz CT molecular complexity index is 536. The molecule has 1 atom stereocenters. The molecule has 7 heteroatoms. The molecule has 0 radical (unpaired) electrons. The van der Waals surface area contributed by atoms with Crippen LogP contribution in [0.5, 0.6) is 5.88 Å². The average Bonchev–Trinajstić information content (AvgIpc) is 2.75. The van der Waals surface area contributed by atoms with E-state index in [1.54, 1.807) is 11.8 Å². The molecular formula is C11H19N3O3S. The third-order valence-corrected chi connectivity index (χ3v) is 5.05. The monoisotopic (exact) mass is 273 g/mol. The second-order valence-corrected chi connectivity index (χ2v) is 6.91. The van der Waals surface area contributed by atoms with Crippen LogP contribution in [0.25, 0.3) is 0 Å². The van der Waals surface area contributed by atoms with Crippen molar-refractivity contribution in [2.75, 3.05) is 18.6 Å². The van der Waals surface area contributed by atoms with Crippen molar-refractivity contribution in [1.29, 1.82) is 0 Å². The number of aryl methyl sites for hydroxylation is 2. The number of aromatic nitrogens is 2. The Kier molecular flexibility index (Phi) is 3.63. The molecular weight excluding hydrogens is 254 g/mol. The van der Waals surface area contributed by atoms with Crippen LogP contribution in [0.1, 0.15) is 17.7 Å². The molecule has 1 aromatic heterocycles. The second-order valence-electron chi connectivity index (χ2n) is 4.68. The largest absolute Gasteiger partial charge is 0.481 e. The number of methoxy groups -OCH3 is 1. The molecule has 1 N–H and O–H groups in total. The van der Waals surface area contributed by atoms with E-state index >= 15 is 0 Å². The minimum atomic E-state index is -2.84. The predicted molar refractivity (Wildman–Crippen MR) is 68.4 cm³/mol. The maximum Gasteiger partial charge on any atom is 0.216 e. The first-order chi connectivity index (χ1) is 8.43. The summed E-state index contributed by atoms with van der Waals surface area (Å²) >= 11 is 0. The zero-order chi connectivity index (χ0) is 13.3. The van der Waals surface area contributed by atoms with E-state index in [9.17, 15) is 8.42 Å². The lowest BCUT2D eigenvalue weighted by Gasteiger charge is -2.11. The molecule has 1 fully saturated rings. The molecule has 1 aliphatic rings. The van der Waals surface area contributed by atoms with Crippen LogP contribution in [0, 0.1) is 6.92 Å². The van der Waals surface area contributed by atoms with Crippen molar-refractivity contribution in [3.63, 3.8) is 0 Å². The smallest absolute Gasteiger partial charge is 0.216 e. The lowest BCUT2D eigenvalue weighted by atomic mass is 10.2. The fourth-order valence-electron chi connectivity index (χ4n) is 2.34. The molecule has 2 heterocycles. The van der Waals surface area contributed by atoms with E-state index in [-0.39, 0.29) is 17.5 Å². The summed E-state index contributed by atoms with van der Waals surface area (Å²) in [4.78, 5) is 0. The van der Waals surface area contributed by atoms with E-state index in [1.165, 1.54) is 0 Å². The molecule has 1 aliphatic heterocycles. The van der Waals surface area contributed by atoms with E-state index in [1.807, 2.05) is 14.0 Å². The highest BCUT2D eigenvalue weighted by atomic mass is 32.2. The van der Waals surface area contributed by atoms with Gasteiger partial charge in [0, 0.05) is 19.6 Å². The average molecular weight is 273 g/mol. The summed E-state index contributed by atoms with van der Waals surface area (Å²) in [6.45, 7) is 2.51. The summed E-state index contributed by atoms with van der Waals surface area (Å²) in [6.07, 6.45) is 0.684. The first-order valence-corrected chi connectivity index (χ1v) is 7.75. The third kappa shape index (κ3) is 2.67. The van der Waals surface area contributed by atoms with Gasteiger partial charge in [0.15, 0.2) is 9.84 Å². The third-order valence-electron chi connectivity index (χ3n) is 3.28. The SMILES string of the molecule is COc1c(CN[C@H]2CCS(=O)(=O)C2)c(C)nn1C. The van der Waals surface area contributed by atoms with E-state index < -0.39 is 9.84 Å². The van der Waals surface area contributed by atoms with Crippen molar-refractivity contribution in [3.05, 3.63) is 11.3 Å². The molecule has 6 nitrogen and oxygen atoms in total. The summed E-state index contributed by atoms with van der Waals surface area (Å²) in [5, 5.41) is 7.56. The standard InChI is InChI=1S/C11H19N3O3S/c1-8-10(11(17-3)14(2)13-8)6-12-9-4-5-18(15,16)7-9/h9,12H,4-7H2,1-3H3/t9-/m0/s1. The number of sulfone groups is 1. The van der Waals surface area contributed by atoms with Gasteiger partial charge in [-0.2, -0.15) is 5.10 Å². The zero-order valence-electron chi connectivity index (χ0n) is 10.9. The molecule has 0 amide bonds. The molecule has 0 bridgehead atoms. The summed E-state index contributed by atoms with van der Waals surface area (Å²) in [5.41, 5.74) is 1.90. The Morgan fingerprint density at radius 1 is 1.56 bits per heavy atom. The number of nitrogens with one attached hydrogen (secondary N) is 1. The summed E-state index contributed by atoms with van der Waals surface area (Å²) in [6, 6.07) is 0.0410. The Morgan fingerprint density at radius 3 is 2.83 bits per heavy atom. The molecule has 0 aliphatic carbocycles. The van der Waals surface area contributed by atoms with Gasteiger partial charge in [-0.3, -0.25) is 0 Å². The molecule has 2 rings (SSSR count). The van der Waals surface area contributed by atoms with E-state index in [0.717, 1.165) is 17.1 Å². The van der Waals surface area contributed by atoms with Crippen LogP contribution < -0.4 is 10.1 Å². The first kappa shape index (κ1) is 13.4. The quantitative estimate of drug-likeness (QED) is 0.837. The highest BCUT2D eigenvalue weighted by molar-refractivity contribution is 7.91. The Hall–Kier alpha value is -1.08. The Morgan fingerprint density at radius 2 is 2.28 bits per heavy atom. The van der Waals surface area contributed by atoms with Crippen LogP contribution in [-0.2, 0) is 23.4 Å². The van der Waals surface area contributed by atoms with Crippen molar-refractivity contribution < 1.29 is 13.2 Å². The molecule has 1 saturated heterocycles. The summed E-state index contributed by atoms with van der Waals surface area (Å²) in [7, 11) is 0.605. The van der Waals surface area contributed by atoms with Crippen molar-refractivity contribution >= 4 is 9.84 Å². The lowest BCUT2D eigenvalue weighted by molar-refractivity contribution is 0.367. The van der Waals surface area contributed by atoms with Crippen LogP contribution in [0.2, 0.25) is 0 Å². The number of hydrogen-bond acceptors (Lipinski definition) is 5. The maximum atomic E-state index is 11.4. The second kappa shape index (κ2) is 4.89. The van der Waals surface area contributed by atoms with Crippen LogP contribution >= 0.6 is 0 Å². The normalized spacial score (nSPS) is 22.3. The number of hydrogen-bond donors (Lipinski definition) is 1. The van der Waals surface area contributed by atoms with Gasteiger partial charge in [-0.05, 0) is 13.3 Å². The van der Waals surface area contributed by atoms with Gasteiger partial charge in [-0.25, -0.2) is 13.1 Å². The van der Waals surface area contributed by atoms with Crippen molar-refractivity contribution in [1.82, 2.24) is 15.1 Å². The molecule has 0 spiro atoms. The van der Waals surface area contributed by atoms with Gasteiger partial charge in [-0.15, -0.1) is 0 Å². The molecule has 0 aromatic carbocycles. The molecule has 102 valence electrons. The maximum absolute atomic E-state index is 11.4. The van der Waals surface area contributed by atoms with E-state index in [4.69, 9.17) is 4.74 Å². The minimum Gasteiger partial charge on any atom is -0.481 e. The van der Waals surface area contributed by atoms with Crippen LogP contribution in [0.15, 0.2) is 0 Å². The fraction of sp³-hybridized carbons (Fsp3) is 0.727. The van der Waals surface area contributed by atoms with Crippen LogP contribution in [0.3, 0.4) is 0 Å². The van der Waals surface area contributed by atoms with E-state index in [0.29, 0.717) is 13.0 Å². The van der Waals surface area contributed by atoms with Gasteiger partial charge in [0.25, 0.3) is 0 Å². The van der Waals surface area contributed by atoms with Crippen molar-refractivity contribution in [3.8, 4) is 5.88 Å². The highest BCUT2D eigenvalue weighted by Crippen LogP contribution is 2.21. The topological polar surface area (TPSA) is 73.2 Å². The van der Waals surface area contributed by atoms with Crippen LogP contribution in [-0.4, -0.2) is 42.9 Å². The van der Waals surface area contributed by atoms with Crippen LogP contribution in [0.4, 0.5) is 0 Å². The lowest BCUT2D eigenvalue weighted by Crippen LogP contribution is -2.29. The van der Waals surface area contributed by atoms with Crippen molar-refractivity contribution in [2.45, 2.75) is 25.9 Å². The number of ether oxygens (including phenoxy) is 1. The van der Waals surface area contributed by atoms with Gasteiger partial charge < -0.3 is 10.1 Å². The minimum absolute atomic E-state index is 0.0410. The first-order valence-electron chi connectivity index (χ1n) is 5.93. The molecule has 0 unspecified atom stereocenters. The summed E-state index contributed by atoms with van der Waals surface area (Å²) in [5.74, 6) is 1.24. The van der Waals surface area contributed by atoms with Gasteiger partial charge in [-0.1, -0.05) is 0 Å². The van der Waals surface area contributed by atoms with Gasteiger partial charge >= 0.3 is 0 Å². The zero-order valence-corrected chi connectivity index (χ0v) is 11.7. The predicted octanol–water partition coefficient (Wildman–Crippen LogP) is 0.0138. The van der Waals surface area contributed by atoms with Gasteiger partial charge in [0.05, 0.1) is 29.9 Å². The molecule has 1 aromatic rings. The van der Waals surface area contributed by atoms with Gasteiger partial charge in [0.2, 0.25) is 5.88 Å². The van der Waals surface area contributed by atoms with Crippen molar-refractivity contribution in [2.24, 2.45) is 7.05 Å². The molecule has 0 saturated carbocycles. The number of nitrogens with zero attached hydrogens (tertiary/aromatic N) is 2. The van der Waals surface area contributed by atoms with Gasteiger partial charge in [0.1, 0.15) is 0 Å².